The molecule has 48 valence electrons. The van der Waals surface area contributed by atoms with Crippen molar-refractivity contribution in [2.75, 3.05) is 0 Å². The van der Waals surface area contributed by atoms with Gasteiger partial charge in [0.25, 0.3) is 0 Å². The zero-order chi connectivity index (χ0) is 7.28. The second-order valence-electron chi connectivity index (χ2n) is 1.61. The summed E-state index contributed by atoms with van der Waals surface area (Å²) in [7, 11) is 0. The van der Waals surface area contributed by atoms with Crippen molar-refractivity contribution < 1.29 is 9.59 Å². The maximum Gasteiger partial charge on any atom is 0.178 e. The Morgan fingerprint density at radius 3 is 2.44 bits per heavy atom. The third-order valence-electron chi connectivity index (χ3n) is 0.757. The number of carbonyl (C=O) groups excluding carboxylic acids is 2. The topological polar surface area (TPSA) is 34.1 Å². The van der Waals surface area contributed by atoms with Crippen LogP contribution in [-0.2, 0) is 9.59 Å². The van der Waals surface area contributed by atoms with E-state index >= 15 is 0 Å². The number of ketones is 1. The van der Waals surface area contributed by atoms with E-state index in [0.29, 0.717) is 11.9 Å². The highest BCUT2D eigenvalue weighted by atomic mass is 16.1. The second kappa shape index (κ2) is 3.78. The molecule has 0 aromatic carbocycles. The van der Waals surface area contributed by atoms with E-state index in [2.05, 4.69) is 6.58 Å². The van der Waals surface area contributed by atoms with Gasteiger partial charge >= 0.3 is 0 Å². The highest BCUT2D eigenvalue weighted by Gasteiger charge is 1.88. The van der Waals surface area contributed by atoms with Crippen molar-refractivity contribution in [2.45, 2.75) is 6.92 Å². The summed E-state index contributed by atoms with van der Waals surface area (Å²) in [4.78, 5) is 20.3. The van der Waals surface area contributed by atoms with Gasteiger partial charge in [0.15, 0.2) is 5.78 Å². The number of hydrogen-bond donors (Lipinski definition) is 0. The lowest BCUT2D eigenvalue weighted by atomic mass is 10.2. The molecule has 0 bridgehead atoms. The van der Waals surface area contributed by atoms with Crippen LogP contribution in [0.1, 0.15) is 6.92 Å². The first kappa shape index (κ1) is 7.82. The molecule has 0 spiro atoms. The van der Waals surface area contributed by atoms with Crippen molar-refractivity contribution in [3.63, 3.8) is 0 Å². The van der Waals surface area contributed by atoms with Gasteiger partial charge in [-0.1, -0.05) is 6.58 Å². The average Bonchev–Trinajstić information content (AvgIpc) is 1.87. The van der Waals surface area contributed by atoms with E-state index < -0.39 is 0 Å². The fourth-order valence-electron chi connectivity index (χ4n) is 0.317. The van der Waals surface area contributed by atoms with Gasteiger partial charge in [-0.2, -0.15) is 0 Å². The minimum absolute atomic E-state index is 0.236. The van der Waals surface area contributed by atoms with Crippen molar-refractivity contribution in [2.24, 2.45) is 0 Å². The quantitative estimate of drug-likeness (QED) is 0.413. The molecule has 0 aliphatic rings. The van der Waals surface area contributed by atoms with Crippen LogP contribution in [0.3, 0.4) is 0 Å². The molecule has 2 nitrogen and oxygen atoms in total. The van der Waals surface area contributed by atoms with Gasteiger partial charge in [0.2, 0.25) is 0 Å². The number of carbonyl (C=O) groups is 2. The maximum absolute atomic E-state index is 10.4. The standard InChI is InChI=1S/C7H8O2/c1-3-7(9)4-6(2)5-8/h3-5H,1H2,2H3. The van der Waals surface area contributed by atoms with Crippen LogP contribution in [-0.4, -0.2) is 12.1 Å². The molecule has 0 radical (unpaired) electrons. The zero-order valence-corrected chi connectivity index (χ0v) is 5.26. The number of aldehydes is 1. The highest BCUT2D eigenvalue weighted by molar-refractivity contribution is 6.01. The molecule has 9 heavy (non-hydrogen) atoms. The van der Waals surface area contributed by atoms with Crippen LogP contribution in [0.4, 0.5) is 0 Å². The van der Waals surface area contributed by atoms with Crippen molar-refractivity contribution in [1.29, 1.82) is 0 Å². The first-order valence-electron chi connectivity index (χ1n) is 2.50. The molecule has 0 saturated carbocycles. The van der Waals surface area contributed by atoms with Crippen LogP contribution in [0.25, 0.3) is 0 Å². The van der Waals surface area contributed by atoms with Crippen LogP contribution in [0.2, 0.25) is 0 Å². The summed E-state index contributed by atoms with van der Waals surface area (Å²) in [5.74, 6) is -0.236. The minimum Gasteiger partial charge on any atom is -0.298 e. The Hall–Kier alpha value is -1.18. The molecule has 0 aromatic rings. The summed E-state index contributed by atoms with van der Waals surface area (Å²) in [5.41, 5.74) is 0.417. The summed E-state index contributed by atoms with van der Waals surface area (Å²) >= 11 is 0. The van der Waals surface area contributed by atoms with E-state index in [1.54, 1.807) is 6.92 Å². The monoisotopic (exact) mass is 124 g/mol. The van der Waals surface area contributed by atoms with E-state index in [1.807, 2.05) is 0 Å². The van der Waals surface area contributed by atoms with Gasteiger partial charge in [0, 0.05) is 0 Å². The SMILES string of the molecule is C=CC(=O)C=C(C)C=O. The Kier molecular flexibility index (Phi) is 3.28. The molecule has 0 heterocycles. The largest absolute Gasteiger partial charge is 0.298 e. The molecule has 2 heteroatoms. The third-order valence-corrected chi connectivity index (χ3v) is 0.757. The number of rotatable bonds is 3. The molecule has 0 aliphatic heterocycles. The van der Waals surface area contributed by atoms with Crippen LogP contribution in [0.15, 0.2) is 24.3 Å². The lowest BCUT2D eigenvalue weighted by molar-refractivity contribution is -0.111. The van der Waals surface area contributed by atoms with Gasteiger partial charge in [-0.05, 0) is 24.6 Å². The van der Waals surface area contributed by atoms with E-state index in [4.69, 9.17) is 0 Å². The molecule has 0 rings (SSSR count). The molecular formula is C7H8O2. The van der Waals surface area contributed by atoms with Crippen molar-refractivity contribution in [3.8, 4) is 0 Å². The Morgan fingerprint density at radius 1 is 1.56 bits per heavy atom. The van der Waals surface area contributed by atoms with Gasteiger partial charge in [-0.3, -0.25) is 9.59 Å². The summed E-state index contributed by atoms with van der Waals surface area (Å²) < 4.78 is 0. The Bertz CT molecular complexity index is 166. The fourth-order valence-corrected chi connectivity index (χ4v) is 0.317. The van der Waals surface area contributed by atoms with Crippen LogP contribution >= 0.6 is 0 Å². The van der Waals surface area contributed by atoms with E-state index in [1.165, 1.54) is 6.08 Å². The summed E-state index contributed by atoms with van der Waals surface area (Å²) in [5, 5.41) is 0. The Morgan fingerprint density at radius 2 is 2.11 bits per heavy atom. The van der Waals surface area contributed by atoms with Gasteiger partial charge in [0.05, 0.1) is 0 Å². The number of allylic oxidation sites excluding steroid dienone is 3. The molecule has 0 N–H and O–H groups in total. The lowest BCUT2D eigenvalue weighted by Crippen LogP contribution is -1.87. The summed E-state index contributed by atoms with van der Waals surface area (Å²) in [6.45, 7) is 4.80. The minimum atomic E-state index is -0.236. The lowest BCUT2D eigenvalue weighted by Gasteiger charge is -1.81. The summed E-state index contributed by atoms with van der Waals surface area (Å²) in [6.07, 6.45) is 3.02. The fraction of sp³-hybridized carbons (Fsp3) is 0.143. The zero-order valence-electron chi connectivity index (χ0n) is 5.26. The predicted octanol–water partition coefficient (Wildman–Crippen LogP) is 0.887. The molecule has 0 aromatic heterocycles. The van der Waals surface area contributed by atoms with Gasteiger partial charge < -0.3 is 0 Å². The Labute approximate surface area is 53.9 Å². The molecule has 0 saturated heterocycles. The molecule has 0 atom stereocenters. The van der Waals surface area contributed by atoms with Crippen molar-refractivity contribution in [3.05, 3.63) is 24.3 Å². The molecule has 0 amide bonds. The second-order valence-corrected chi connectivity index (χ2v) is 1.61. The molecule has 0 aliphatic carbocycles. The highest BCUT2D eigenvalue weighted by Crippen LogP contribution is 1.86. The first-order valence-corrected chi connectivity index (χ1v) is 2.50. The normalized spacial score (nSPS) is 10.6. The molecule has 0 unspecified atom stereocenters. The van der Waals surface area contributed by atoms with Gasteiger partial charge in [-0.25, -0.2) is 0 Å². The molecule has 0 fully saturated rings. The van der Waals surface area contributed by atoms with Crippen molar-refractivity contribution >= 4 is 12.1 Å². The third kappa shape index (κ3) is 3.41. The van der Waals surface area contributed by atoms with Crippen LogP contribution in [0.5, 0.6) is 0 Å². The van der Waals surface area contributed by atoms with E-state index in [-0.39, 0.29) is 5.78 Å². The summed E-state index contributed by atoms with van der Waals surface area (Å²) in [6, 6.07) is 0. The average molecular weight is 124 g/mol. The van der Waals surface area contributed by atoms with Gasteiger partial charge in [0.1, 0.15) is 6.29 Å². The smallest absolute Gasteiger partial charge is 0.178 e. The van der Waals surface area contributed by atoms with Crippen LogP contribution < -0.4 is 0 Å². The maximum atomic E-state index is 10.4. The van der Waals surface area contributed by atoms with Crippen LogP contribution in [0, 0.1) is 0 Å². The predicted molar refractivity (Wildman–Crippen MR) is 35.0 cm³/mol. The van der Waals surface area contributed by atoms with Crippen molar-refractivity contribution in [1.82, 2.24) is 0 Å². The first-order chi connectivity index (χ1) is 4.20. The molecular weight excluding hydrogens is 116 g/mol. The number of hydrogen-bond acceptors (Lipinski definition) is 2. The van der Waals surface area contributed by atoms with E-state index in [9.17, 15) is 9.59 Å². The van der Waals surface area contributed by atoms with Gasteiger partial charge in [-0.15, -0.1) is 0 Å². The van der Waals surface area contributed by atoms with E-state index in [0.717, 1.165) is 6.08 Å². The Balaban J connectivity index is 4.10.